The van der Waals surface area contributed by atoms with Crippen molar-refractivity contribution in [3.05, 3.63) is 30.2 Å². The van der Waals surface area contributed by atoms with E-state index in [-0.39, 0.29) is 12.5 Å². The minimum Gasteiger partial charge on any atom is -0.480 e. The number of hydrogen-bond donors (Lipinski definition) is 2. The largest absolute Gasteiger partial charge is 0.480 e. The van der Waals surface area contributed by atoms with Gasteiger partial charge in [0.2, 0.25) is 0 Å². The topological polar surface area (TPSA) is 102 Å². The molecule has 2 heterocycles. The lowest BCUT2D eigenvalue weighted by Gasteiger charge is -2.25. The van der Waals surface area contributed by atoms with Gasteiger partial charge in [-0.3, -0.25) is 19.0 Å². The van der Waals surface area contributed by atoms with Crippen molar-refractivity contribution in [3.8, 4) is 0 Å². The monoisotopic (exact) mass is 303 g/mol. The smallest absolute Gasteiger partial charge is 0.325 e. The molecule has 0 bridgehead atoms. The molecule has 1 saturated carbocycles. The molecule has 0 unspecified atom stereocenters. The van der Waals surface area contributed by atoms with Crippen LogP contribution in [-0.2, 0) is 17.9 Å². The van der Waals surface area contributed by atoms with Crippen LogP contribution in [0.25, 0.3) is 0 Å². The number of nitrogens with one attached hydrogen (secondary N) is 1. The van der Waals surface area contributed by atoms with Crippen LogP contribution in [0.4, 0.5) is 5.82 Å². The van der Waals surface area contributed by atoms with Crippen molar-refractivity contribution < 1.29 is 14.7 Å². The Morgan fingerprint density at radius 2 is 2.18 bits per heavy atom. The van der Waals surface area contributed by atoms with E-state index in [0.717, 1.165) is 6.54 Å². The van der Waals surface area contributed by atoms with Gasteiger partial charge >= 0.3 is 5.97 Å². The Morgan fingerprint density at radius 3 is 2.86 bits per heavy atom. The molecule has 0 aliphatic heterocycles. The van der Waals surface area contributed by atoms with E-state index in [0.29, 0.717) is 17.4 Å². The zero-order valence-electron chi connectivity index (χ0n) is 12.0. The molecule has 22 heavy (non-hydrogen) atoms. The van der Waals surface area contributed by atoms with Crippen LogP contribution in [0.5, 0.6) is 0 Å². The molecule has 8 heteroatoms. The number of carboxylic acids is 1. The lowest BCUT2D eigenvalue weighted by Crippen LogP contribution is -2.24. The number of rotatable bonds is 6. The first-order valence-corrected chi connectivity index (χ1v) is 7.20. The fraction of sp³-hybridized carbons (Fsp3) is 0.429. The minimum atomic E-state index is -0.987. The molecule has 116 valence electrons. The van der Waals surface area contributed by atoms with Gasteiger partial charge in [0.25, 0.3) is 5.91 Å². The number of aliphatic carboxylic acids is 1. The van der Waals surface area contributed by atoms with Crippen molar-refractivity contribution in [2.75, 3.05) is 5.32 Å². The van der Waals surface area contributed by atoms with Crippen molar-refractivity contribution in [1.82, 2.24) is 19.6 Å². The summed E-state index contributed by atoms with van der Waals surface area (Å²) in [6.45, 7) is 0.513. The molecule has 2 aromatic heterocycles. The predicted molar refractivity (Wildman–Crippen MR) is 77.4 cm³/mol. The molecule has 2 aromatic rings. The van der Waals surface area contributed by atoms with Crippen LogP contribution in [0.1, 0.15) is 29.8 Å². The Balaban J connectivity index is 1.65. The Labute approximate surface area is 126 Å². The van der Waals surface area contributed by atoms with Crippen molar-refractivity contribution in [2.45, 2.75) is 32.4 Å². The van der Waals surface area contributed by atoms with Crippen LogP contribution >= 0.6 is 0 Å². The van der Waals surface area contributed by atoms with Gasteiger partial charge in [-0.05, 0) is 24.8 Å². The fourth-order valence-electron chi connectivity index (χ4n) is 2.43. The number of nitrogens with zero attached hydrogens (tertiary/aromatic N) is 4. The maximum atomic E-state index is 12.3. The van der Waals surface area contributed by atoms with Crippen LogP contribution < -0.4 is 5.32 Å². The average Bonchev–Trinajstić information content (AvgIpc) is 3.02. The fourth-order valence-corrected chi connectivity index (χ4v) is 2.43. The second kappa shape index (κ2) is 6.00. The molecule has 0 aromatic carbocycles. The first-order chi connectivity index (χ1) is 10.6. The van der Waals surface area contributed by atoms with Crippen LogP contribution in [-0.4, -0.2) is 36.5 Å². The molecule has 1 aliphatic carbocycles. The van der Waals surface area contributed by atoms with Crippen molar-refractivity contribution >= 4 is 17.7 Å². The third kappa shape index (κ3) is 3.16. The van der Waals surface area contributed by atoms with Gasteiger partial charge in [-0.15, -0.1) is 0 Å². The zero-order chi connectivity index (χ0) is 15.5. The highest BCUT2D eigenvalue weighted by Crippen LogP contribution is 2.28. The summed E-state index contributed by atoms with van der Waals surface area (Å²) < 4.78 is 2.97. The summed E-state index contributed by atoms with van der Waals surface area (Å²) in [4.78, 5) is 22.9. The quantitative estimate of drug-likeness (QED) is 0.835. The van der Waals surface area contributed by atoms with E-state index in [1.54, 1.807) is 23.0 Å². The minimum absolute atomic E-state index is 0.241. The Kier molecular flexibility index (Phi) is 3.90. The molecule has 3 rings (SSSR count). The summed E-state index contributed by atoms with van der Waals surface area (Å²) in [7, 11) is 0. The van der Waals surface area contributed by atoms with Gasteiger partial charge in [0.15, 0.2) is 5.82 Å². The standard InChI is InChI=1S/C14H17N5O3/c20-13(21)9-18-7-5-12(17-18)16-14(22)11-4-6-15-19(11)8-10-2-1-3-10/h4-7,10H,1-3,8-9H2,(H,20,21)(H,16,17,22). The van der Waals surface area contributed by atoms with Crippen LogP contribution in [0, 0.1) is 5.92 Å². The summed E-state index contributed by atoms with van der Waals surface area (Å²) in [5.74, 6) is -0.360. The first kappa shape index (κ1) is 14.3. The molecule has 0 spiro atoms. The molecule has 2 N–H and O–H groups in total. The number of carboxylic acid groups (broad SMARTS) is 1. The SMILES string of the molecule is O=C(O)Cn1ccc(NC(=O)c2ccnn2CC2CCC2)n1. The first-order valence-electron chi connectivity index (χ1n) is 7.20. The third-order valence-corrected chi connectivity index (χ3v) is 3.78. The lowest BCUT2D eigenvalue weighted by molar-refractivity contribution is -0.137. The molecule has 0 atom stereocenters. The van der Waals surface area contributed by atoms with E-state index in [9.17, 15) is 9.59 Å². The second-order valence-electron chi connectivity index (χ2n) is 5.44. The summed E-state index contributed by atoms with van der Waals surface area (Å²) in [6, 6.07) is 3.23. The van der Waals surface area contributed by atoms with Crippen molar-refractivity contribution in [2.24, 2.45) is 5.92 Å². The molecule has 0 radical (unpaired) electrons. The highest BCUT2D eigenvalue weighted by atomic mass is 16.4. The van der Waals surface area contributed by atoms with E-state index in [1.807, 2.05) is 0 Å². The van der Waals surface area contributed by atoms with E-state index in [2.05, 4.69) is 15.5 Å². The van der Waals surface area contributed by atoms with Crippen LogP contribution in [0.15, 0.2) is 24.5 Å². The van der Waals surface area contributed by atoms with Gasteiger partial charge in [0.05, 0.1) is 0 Å². The van der Waals surface area contributed by atoms with Crippen molar-refractivity contribution in [3.63, 3.8) is 0 Å². The number of carbonyl (C=O) groups is 2. The normalized spacial score (nSPS) is 14.5. The van der Waals surface area contributed by atoms with Crippen molar-refractivity contribution in [1.29, 1.82) is 0 Å². The molecule has 1 amide bonds. The summed E-state index contributed by atoms with van der Waals surface area (Å²) in [5.41, 5.74) is 0.486. The third-order valence-electron chi connectivity index (χ3n) is 3.78. The van der Waals surface area contributed by atoms with E-state index >= 15 is 0 Å². The summed E-state index contributed by atoms with van der Waals surface area (Å²) in [5, 5.41) is 19.6. The zero-order valence-corrected chi connectivity index (χ0v) is 12.0. The van der Waals surface area contributed by atoms with Gasteiger partial charge in [-0.1, -0.05) is 6.42 Å². The summed E-state index contributed by atoms with van der Waals surface area (Å²) in [6.07, 6.45) is 6.72. The van der Waals surface area contributed by atoms with E-state index in [4.69, 9.17) is 5.11 Å². The average molecular weight is 303 g/mol. The van der Waals surface area contributed by atoms with Gasteiger partial charge in [0, 0.05) is 25.0 Å². The molecule has 1 aliphatic rings. The maximum absolute atomic E-state index is 12.3. The number of amides is 1. The molecule has 0 saturated heterocycles. The van der Waals surface area contributed by atoms with Gasteiger partial charge in [-0.25, -0.2) is 0 Å². The highest BCUT2D eigenvalue weighted by Gasteiger charge is 2.21. The van der Waals surface area contributed by atoms with Gasteiger partial charge < -0.3 is 10.4 Å². The molecule has 1 fully saturated rings. The maximum Gasteiger partial charge on any atom is 0.325 e. The Hall–Kier alpha value is -2.64. The Morgan fingerprint density at radius 1 is 1.36 bits per heavy atom. The van der Waals surface area contributed by atoms with Crippen LogP contribution in [0.3, 0.4) is 0 Å². The van der Waals surface area contributed by atoms with Gasteiger partial charge in [-0.2, -0.15) is 10.2 Å². The molecule has 8 nitrogen and oxygen atoms in total. The van der Waals surface area contributed by atoms with E-state index in [1.165, 1.54) is 30.1 Å². The molecular weight excluding hydrogens is 286 g/mol. The number of aromatic nitrogens is 4. The highest BCUT2D eigenvalue weighted by molar-refractivity contribution is 6.02. The van der Waals surface area contributed by atoms with E-state index < -0.39 is 5.97 Å². The lowest BCUT2D eigenvalue weighted by atomic mass is 9.85. The van der Waals surface area contributed by atoms with Crippen LogP contribution in [0.2, 0.25) is 0 Å². The predicted octanol–water partition coefficient (Wildman–Crippen LogP) is 1.22. The Bertz CT molecular complexity index is 686. The molecular formula is C14H17N5O3. The number of carbonyl (C=O) groups excluding carboxylic acids is 1. The second-order valence-corrected chi connectivity index (χ2v) is 5.44. The number of anilines is 1. The summed E-state index contributed by atoms with van der Waals surface area (Å²) >= 11 is 0. The van der Waals surface area contributed by atoms with Gasteiger partial charge in [0.1, 0.15) is 12.2 Å². The number of hydrogen-bond acceptors (Lipinski definition) is 4.